The predicted octanol–water partition coefficient (Wildman–Crippen LogP) is 4.40. The number of hydrogen-bond donors (Lipinski definition) is 0. The lowest BCUT2D eigenvalue weighted by atomic mass is 10.1. The van der Waals surface area contributed by atoms with Crippen LogP contribution in [0.1, 0.15) is 21.5 Å². The summed E-state index contributed by atoms with van der Waals surface area (Å²) in [6.07, 6.45) is 0.559. The summed E-state index contributed by atoms with van der Waals surface area (Å²) >= 11 is 11.8. The van der Waals surface area contributed by atoms with E-state index in [1.807, 2.05) is 6.07 Å². The second-order valence-electron chi connectivity index (χ2n) is 4.13. The van der Waals surface area contributed by atoms with E-state index in [1.54, 1.807) is 0 Å². The van der Waals surface area contributed by atoms with Gasteiger partial charge in [-0.3, -0.25) is 4.79 Å². The van der Waals surface area contributed by atoms with Gasteiger partial charge in [-0.25, -0.2) is 4.39 Å². The Hall–Kier alpha value is -2.09. The second-order valence-corrected chi connectivity index (χ2v) is 4.97. The first-order valence-corrected chi connectivity index (χ1v) is 6.56. The van der Waals surface area contributed by atoms with Gasteiger partial charge in [-0.2, -0.15) is 5.26 Å². The van der Waals surface area contributed by atoms with Gasteiger partial charge in [0.05, 0.1) is 22.2 Å². The molecule has 0 fully saturated rings. The van der Waals surface area contributed by atoms with Crippen molar-refractivity contribution < 1.29 is 13.9 Å². The van der Waals surface area contributed by atoms with Crippen molar-refractivity contribution in [1.82, 2.24) is 0 Å². The van der Waals surface area contributed by atoms with Crippen LogP contribution >= 0.6 is 23.2 Å². The zero-order chi connectivity index (χ0) is 15.4. The summed E-state index contributed by atoms with van der Waals surface area (Å²) in [6.45, 7) is -0.0944. The molecule has 0 N–H and O–H groups in total. The lowest BCUT2D eigenvalue weighted by molar-refractivity contribution is 0.111. The first-order valence-electron chi connectivity index (χ1n) is 5.80. The number of halogens is 3. The first-order chi connectivity index (χ1) is 10.0. The van der Waals surface area contributed by atoms with Gasteiger partial charge in [0.25, 0.3) is 0 Å². The van der Waals surface area contributed by atoms with E-state index in [0.717, 1.165) is 0 Å². The molecule has 0 saturated carbocycles. The molecule has 0 heterocycles. The summed E-state index contributed by atoms with van der Waals surface area (Å²) in [5.74, 6) is -0.338. The van der Waals surface area contributed by atoms with Crippen LogP contribution < -0.4 is 4.74 Å². The van der Waals surface area contributed by atoms with Crippen molar-refractivity contribution in [3.63, 3.8) is 0 Å². The van der Waals surface area contributed by atoms with Crippen LogP contribution in [0.4, 0.5) is 4.39 Å². The minimum atomic E-state index is -0.481. The van der Waals surface area contributed by atoms with Crippen molar-refractivity contribution in [3.05, 3.63) is 62.9 Å². The molecule has 0 saturated heterocycles. The molecule has 3 nitrogen and oxygen atoms in total. The first kappa shape index (κ1) is 15.3. The van der Waals surface area contributed by atoms with Crippen LogP contribution in [0.15, 0.2) is 30.3 Å². The van der Waals surface area contributed by atoms with Gasteiger partial charge in [0.1, 0.15) is 18.2 Å². The number of nitriles is 1. The summed E-state index contributed by atoms with van der Waals surface area (Å²) in [5.41, 5.74) is 0.830. The van der Waals surface area contributed by atoms with Crippen molar-refractivity contribution in [3.8, 4) is 11.8 Å². The van der Waals surface area contributed by atoms with E-state index in [-0.39, 0.29) is 28.5 Å². The van der Waals surface area contributed by atoms with E-state index < -0.39 is 5.82 Å². The Balaban J connectivity index is 2.31. The maximum Gasteiger partial charge on any atom is 0.153 e. The lowest BCUT2D eigenvalue weighted by Crippen LogP contribution is -2.02. The van der Waals surface area contributed by atoms with Gasteiger partial charge in [0.2, 0.25) is 0 Å². The fourth-order valence-electron chi connectivity index (χ4n) is 1.76. The highest BCUT2D eigenvalue weighted by Crippen LogP contribution is 2.32. The third-order valence-electron chi connectivity index (χ3n) is 2.72. The van der Waals surface area contributed by atoms with E-state index in [4.69, 9.17) is 33.2 Å². The zero-order valence-electron chi connectivity index (χ0n) is 10.6. The third kappa shape index (κ3) is 3.52. The molecule has 0 unspecified atom stereocenters. The van der Waals surface area contributed by atoms with Crippen LogP contribution in [-0.4, -0.2) is 6.29 Å². The summed E-state index contributed by atoms with van der Waals surface area (Å²) in [6, 6.07) is 8.53. The molecule has 2 aromatic carbocycles. The number of carbonyl (C=O) groups is 1. The molecule has 0 radical (unpaired) electrons. The molecule has 0 amide bonds. The molecule has 2 rings (SSSR count). The van der Waals surface area contributed by atoms with Crippen LogP contribution in [0.25, 0.3) is 0 Å². The van der Waals surface area contributed by atoms with E-state index >= 15 is 0 Å². The number of aldehydes is 1. The Bertz CT molecular complexity index is 741. The standard InChI is InChI=1S/C15H8Cl2FNO2/c16-12-3-10(7-20)15(14(17)5-12)21-8-11-4-13(18)2-1-9(11)6-19/h1-5,7H,8H2. The molecule has 106 valence electrons. The summed E-state index contributed by atoms with van der Waals surface area (Å²) < 4.78 is 18.7. The molecular weight excluding hydrogens is 316 g/mol. The van der Waals surface area contributed by atoms with Crippen molar-refractivity contribution in [2.45, 2.75) is 6.61 Å². The van der Waals surface area contributed by atoms with E-state index in [1.165, 1.54) is 30.3 Å². The fraction of sp³-hybridized carbons (Fsp3) is 0.0667. The molecular formula is C15H8Cl2FNO2. The second kappa shape index (κ2) is 6.57. The number of rotatable bonds is 4. The van der Waals surface area contributed by atoms with Crippen LogP contribution in [0.3, 0.4) is 0 Å². The minimum absolute atomic E-state index is 0.0944. The SMILES string of the molecule is N#Cc1ccc(F)cc1COc1c(Cl)cc(Cl)cc1C=O. The molecule has 0 spiro atoms. The van der Waals surface area contributed by atoms with E-state index in [2.05, 4.69) is 0 Å². The van der Waals surface area contributed by atoms with Crippen molar-refractivity contribution >= 4 is 29.5 Å². The van der Waals surface area contributed by atoms with Crippen molar-refractivity contribution in [1.29, 1.82) is 5.26 Å². The number of benzene rings is 2. The third-order valence-corrected chi connectivity index (χ3v) is 3.22. The van der Waals surface area contributed by atoms with Crippen molar-refractivity contribution in [2.24, 2.45) is 0 Å². The monoisotopic (exact) mass is 323 g/mol. The fourth-order valence-corrected chi connectivity index (χ4v) is 2.32. The number of carbonyl (C=O) groups excluding carboxylic acids is 1. The molecule has 0 bridgehead atoms. The summed E-state index contributed by atoms with van der Waals surface area (Å²) in [5, 5.41) is 9.44. The van der Waals surface area contributed by atoms with Gasteiger partial charge < -0.3 is 4.74 Å². The highest BCUT2D eigenvalue weighted by Gasteiger charge is 2.12. The number of hydrogen-bond acceptors (Lipinski definition) is 3. The highest BCUT2D eigenvalue weighted by molar-refractivity contribution is 6.36. The van der Waals surface area contributed by atoms with Gasteiger partial charge >= 0.3 is 0 Å². The maximum atomic E-state index is 13.2. The number of nitrogens with zero attached hydrogens (tertiary/aromatic N) is 1. The van der Waals surface area contributed by atoms with Crippen LogP contribution in [0.2, 0.25) is 10.0 Å². The van der Waals surface area contributed by atoms with Crippen LogP contribution in [0, 0.1) is 17.1 Å². The highest BCUT2D eigenvalue weighted by atomic mass is 35.5. The summed E-state index contributed by atoms with van der Waals surface area (Å²) in [7, 11) is 0. The van der Waals surface area contributed by atoms with Crippen LogP contribution in [0.5, 0.6) is 5.75 Å². The molecule has 2 aromatic rings. The zero-order valence-corrected chi connectivity index (χ0v) is 12.1. The van der Waals surface area contributed by atoms with E-state index in [0.29, 0.717) is 16.9 Å². The van der Waals surface area contributed by atoms with Crippen molar-refractivity contribution in [2.75, 3.05) is 0 Å². The Morgan fingerprint density at radius 3 is 2.71 bits per heavy atom. The quantitative estimate of drug-likeness (QED) is 0.784. The minimum Gasteiger partial charge on any atom is -0.487 e. The smallest absolute Gasteiger partial charge is 0.153 e. The van der Waals surface area contributed by atoms with Gasteiger partial charge in [0.15, 0.2) is 6.29 Å². The van der Waals surface area contributed by atoms with Gasteiger partial charge in [-0.1, -0.05) is 23.2 Å². The topological polar surface area (TPSA) is 50.1 Å². The normalized spacial score (nSPS) is 10.0. The Morgan fingerprint density at radius 1 is 1.29 bits per heavy atom. The largest absolute Gasteiger partial charge is 0.487 e. The molecule has 0 aliphatic heterocycles. The lowest BCUT2D eigenvalue weighted by Gasteiger charge is -2.11. The molecule has 0 aliphatic rings. The molecule has 0 atom stereocenters. The molecule has 0 aliphatic carbocycles. The average Bonchev–Trinajstić information content (AvgIpc) is 2.45. The van der Waals surface area contributed by atoms with Crippen LogP contribution in [-0.2, 0) is 6.61 Å². The number of ether oxygens (including phenoxy) is 1. The molecule has 6 heteroatoms. The van der Waals surface area contributed by atoms with Gasteiger partial charge in [-0.05, 0) is 30.3 Å². The van der Waals surface area contributed by atoms with Gasteiger partial charge in [0, 0.05) is 10.6 Å². The Kier molecular flexibility index (Phi) is 4.79. The Morgan fingerprint density at radius 2 is 2.05 bits per heavy atom. The molecule has 0 aromatic heterocycles. The maximum absolute atomic E-state index is 13.2. The average molecular weight is 324 g/mol. The summed E-state index contributed by atoms with van der Waals surface area (Å²) in [4.78, 5) is 11.0. The molecule has 21 heavy (non-hydrogen) atoms. The van der Waals surface area contributed by atoms with E-state index in [9.17, 15) is 9.18 Å². The van der Waals surface area contributed by atoms with Gasteiger partial charge in [-0.15, -0.1) is 0 Å². The Labute approximate surface area is 130 Å². The predicted molar refractivity (Wildman–Crippen MR) is 77.3 cm³/mol.